The summed E-state index contributed by atoms with van der Waals surface area (Å²) in [5.74, 6) is -1.50. The van der Waals surface area contributed by atoms with Gasteiger partial charge in [0.1, 0.15) is 6.04 Å². The van der Waals surface area contributed by atoms with Crippen molar-refractivity contribution in [2.75, 3.05) is 13.7 Å². The lowest BCUT2D eigenvalue weighted by Crippen LogP contribution is -2.50. The van der Waals surface area contributed by atoms with Crippen LogP contribution >= 0.6 is 0 Å². The molecule has 1 aromatic rings. The van der Waals surface area contributed by atoms with E-state index in [1.165, 1.54) is 19.2 Å². The zero-order chi connectivity index (χ0) is 15.6. The molecule has 1 unspecified atom stereocenters. The molecule has 0 aliphatic carbocycles. The van der Waals surface area contributed by atoms with Gasteiger partial charge < -0.3 is 10.5 Å². The van der Waals surface area contributed by atoms with Crippen molar-refractivity contribution in [3.8, 4) is 5.75 Å². The number of carbonyl (C=O) groups excluding carboxylic acids is 1. The number of nitrogens with two attached hydrogens (primary N) is 1. The fourth-order valence-electron chi connectivity index (χ4n) is 2.42. The molecule has 21 heavy (non-hydrogen) atoms. The van der Waals surface area contributed by atoms with Crippen molar-refractivity contribution in [1.82, 2.24) is 4.31 Å². The van der Waals surface area contributed by atoms with Crippen molar-refractivity contribution >= 4 is 15.9 Å². The molecule has 2 rings (SSSR count). The number of rotatable bonds is 4. The Bertz CT molecular complexity index is 648. The summed E-state index contributed by atoms with van der Waals surface area (Å²) in [6.45, 7) is 0.198. The van der Waals surface area contributed by atoms with E-state index in [0.717, 1.165) is 16.8 Å². The van der Waals surface area contributed by atoms with Crippen LogP contribution < -0.4 is 10.5 Å². The van der Waals surface area contributed by atoms with Gasteiger partial charge in [0.05, 0.1) is 12.0 Å². The molecule has 1 aliphatic rings. The second-order valence-electron chi connectivity index (χ2n) is 4.83. The molecular formula is C13H17FN2O4S. The van der Waals surface area contributed by atoms with Crippen LogP contribution in [0.3, 0.4) is 0 Å². The zero-order valence-electron chi connectivity index (χ0n) is 11.6. The summed E-state index contributed by atoms with van der Waals surface area (Å²) in [6.07, 6.45) is 1.76. The summed E-state index contributed by atoms with van der Waals surface area (Å²) < 4.78 is 44.6. The van der Waals surface area contributed by atoms with Crippen LogP contribution in [0.5, 0.6) is 5.75 Å². The summed E-state index contributed by atoms with van der Waals surface area (Å²) >= 11 is 0. The number of benzene rings is 1. The van der Waals surface area contributed by atoms with Crippen molar-refractivity contribution in [3.63, 3.8) is 0 Å². The van der Waals surface area contributed by atoms with E-state index >= 15 is 0 Å². The lowest BCUT2D eigenvalue weighted by Gasteiger charge is -2.32. The summed E-state index contributed by atoms with van der Waals surface area (Å²) in [5, 5.41) is 0. The van der Waals surface area contributed by atoms with Crippen LogP contribution in [0, 0.1) is 5.82 Å². The first-order chi connectivity index (χ1) is 9.87. The van der Waals surface area contributed by atoms with E-state index < -0.39 is 27.8 Å². The molecule has 0 radical (unpaired) electrons. The number of nitrogens with zero attached hydrogens (tertiary/aromatic N) is 1. The Kier molecular flexibility index (Phi) is 4.48. The molecular weight excluding hydrogens is 299 g/mol. The molecule has 0 bridgehead atoms. The predicted octanol–water partition coefficient (Wildman–Crippen LogP) is 0.863. The van der Waals surface area contributed by atoms with Crippen LogP contribution in [0.2, 0.25) is 0 Å². The topological polar surface area (TPSA) is 89.7 Å². The third kappa shape index (κ3) is 3.01. The Balaban J connectivity index is 2.40. The maximum absolute atomic E-state index is 13.7. The van der Waals surface area contributed by atoms with Gasteiger partial charge in [-0.05, 0) is 31.0 Å². The average molecular weight is 316 g/mol. The monoisotopic (exact) mass is 316 g/mol. The maximum atomic E-state index is 13.7. The molecule has 1 fully saturated rings. The van der Waals surface area contributed by atoms with Crippen LogP contribution in [-0.4, -0.2) is 38.3 Å². The molecule has 1 aliphatic heterocycles. The van der Waals surface area contributed by atoms with Gasteiger partial charge >= 0.3 is 0 Å². The number of piperidine rings is 1. The molecule has 1 saturated heterocycles. The van der Waals surface area contributed by atoms with E-state index in [0.29, 0.717) is 12.8 Å². The SMILES string of the molecule is COc1ccc(S(=O)(=O)N2CCCCC2C(N)=O)cc1F. The second-order valence-corrected chi connectivity index (χ2v) is 6.72. The summed E-state index contributed by atoms with van der Waals surface area (Å²) in [6, 6.07) is 2.50. The molecule has 0 aromatic heterocycles. The van der Waals surface area contributed by atoms with E-state index in [-0.39, 0.29) is 17.2 Å². The standard InChI is InChI=1S/C13H17FN2O4S/c1-20-12-6-5-9(8-10(12)14)21(18,19)16-7-3-2-4-11(16)13(15)17/h5-6,8,11H,2-4,7H2,1H3,(H2,15,17). The molecule has 1 atom stereocenters. The van der Waals surface area contributed by atoms with E-state index in [1.54, 1.807) is 0 Å². The molecule has 0 saturated carbocycles. The van der Waals surface area contributed by atoms with Crippen molar-refractivity contribution in [2.45, 2.75) is 30.2 Å². The first kappa shape index (κ1) is 15.7. The van der Waals surface area contributed by atoms with Crippen LogP contribution in [0.1, 0.15) is 19.3 Å². The highest BCUT2D eigenvalue weighted by Crippen LogP contribution is 2.27. The van der Waals surface area contributed by atoms with Gasteiger partial charge in [0, 0.05) is 6.54 Å². The molecule has 6 nitrogen and oxygen atoms in total. The lowest BCUT2D eigenvalue weighted by atomic mass is 10.0. The number of ether oxygens (including phenoxy) is 1. The van der Waals surface area contributed by atoms with E-state index in [4.69, 9.17) is 10.5 Å². The molecule has 2 N–H and O–H groups in total. The molecule has 116 valence electrons. The van der Waals surface area contributed by atoms with Gasteiger partial charge in [-0.25, -0.2) is 12.8 Å². The number of halogens is 1. The van der Waals surface area contributed by atoms with Gasteiger partial charge in [-0.15, -0.1) is 0 Å². The minimum Gasteiger partial charge on any atom is -0.494 e. The fraction of sp³-hybridized carbons (Fsp3) is 0.462. The predicted molar refractivity (Wildman–Crippen MR) is 73.7 cm³/mol. The quantitative estimate of drug-likeness (QED) is 0.892. The largest absolute Gasteiger partial charge is 0.494 e. The van der Waals surface area contributed by atoms with Crippen LogP contribution in [0.25, 0.3) is 0 Å². The number of amides is 1. The Morgan fingerprint density at radius 2 is 2.14 bits per heavy atom. The summed E-state index contributed by atoms with van der Waals surface area (Å²) in [5.41, 5.74) is 5.27. The number of sulfonamides is 1. The number of hydrogen-bond acceptors (Lipinski definition) is 4. The Hall–Kier alpha value is -1.67. The smallest absolute Gasteiger partial charge is 0.243 e. The van der Waals surface area contributed by atoms with Crippen molar-refractivity contribution in [3.05, 3.63) is 24.0 Å². The summed E-state index contributed by atoms with van der Waals surface area (Å²) in [7, 11) is -2.67. The van der Waals surface area contributed by atoms with Gasteiger partial charge in [-0.1, -0.05) is 6.42 Å². The van der Waals surface area contributed by atoms with Gasteiger partial charge in [0.15, 0.2) is 11.6 Å². The first-order valence-corrected chi connectivity index (χ1v) is 7.96. The molecule has 1 heterocycles. The van der Waals surface area contributed by atoms with E-state index in [9.17, 15) is 17.6 Å². The van der Waals surface area contributed by atoms with Crippen molar-refractivity contribution in [1.29, 1.82) is 0 Å². The third-order valence-electron chi connectivity index (χ3n) is 3.51. The van der Waals surface area contributed by atoms with Crippen LogP contribution in [0.15, 0.2) is 23.1 Å². The number of hydrogen-bond donors (Lipinski definition) is 1. The summed E-state index contributed by atoms with van der Waals surface area (Å²) in [4.78, 5) is 11.2. The average Bonchev–Trinajstić information content (AvgIpc) is 2.47. The fourth-order valence-corrected chi connectivity index (χ4v) is 4.10. The maximum Gasteiger partial charge on any atom is 0.243 e. The molecule has 1 aromatic carbocycles. The Morgan fingerprint density at radius 3 is 2.71 bits per heavy atom. The third-order valence-corrected chi connectivity index (χ3v) is 5.42. The highest BCUT2D eigenvalue weighted by atomic mass is 32.2. The minimum absolute atomic E-state index is 0.0426. The van der Waals surface area contributed by atoms with Gasteiger partial charge in [-0.2, -0.15) is 4.31 Å². The van der Waals surface area contributed by atoms with E-state index in [2.05, 4.69) is 0 Å². The highest BCUT2D eigenvalue weighted by Gasteiger charge is 2.36. The van der Waals surface area contributed by atoms with Crippen molar-refractivity contribution in [2.24, 2.45) is 5.73 Å². The minimum atomic E-state index is -3.97. The van der Waals surface area contributed by atoms with Crippen LogP contribution in [0.4, 0.5) is 4.39 Å². The molecule has 1 amide bonds. The second kappa shape index (κ2) is 5.98. The number of methoxy groups -OCH3 is 1. The highest BCUT2D eigenvalue weighted by molar-refractivity contribution is 7.89. The van der Waals surface area contributed by atoms with Gasteiger partial charge in [-0.3, -0.25) is 4.79 Å². The lowest BCUT2D eigenvalue weighted by molar-refractivity contribution is -0.122. The first-order valence-electron chi connectivity index (χ1n) is 6.52. The Labute approximate surface area is 122 Å². The van der Waals surface area contributed by atoms with E-state index in [1.807, 2.05) is 0 Å². The zero-order valence-corrected chi connectivity index (χ0v) is 12.4. The molecule has 0 spiro atoms. The Morgan fingerprint density at radius 1 is 1.43 bits per heavy atom. The number of carbonyl (C=O) groups is 1. The van der Waals surface area contributed by atoms with Gasteiger partial charge in [0.2, 0.25) is 15.9 Å². The van der Waals surface area contributed by atoms with Gasteiger partial charge in [0.25, 0.3) is 0 Å². The van der Waals surface area contributed by atoms with Crippen LogP contribution in [-0.2, 0) is 14.8 Å². The number of primary amides is 1. The normalized spacial score (nSPS) is 20.2. The molecule has 8 heteroatoms. The van der Waals surface area contributed by atoms with Crippen molar-refractivity contribution < 1.29 is 22.3 Å².